The Hall–Kier alpha value is -1.58. The average molecular weight is 219 g/mol. The van der Waals surface area contributed by atoms with Crippen molar-refractivity contribution in [3.8, 4) is 0 Å². The Morgan fingerprint density at radius 1 is 1.56 bits per heavy atom. The minimum Gasteiger partial charge on any atom is -0.397 e. The van der Waals surface area contributed by atoms with Crippen molar-refractivity contribution in [2.45, 2.75) is 32.2 Å². The maximum Gasteiger partial charge on any atom is 0.253 e. The third-order valence-electron chi connectivity index (χ3n) is 3.13. The van der Waals surface area contributed by atoms with Gasteiger partial charge in [0, 0.05) is 12.2 Å². The molecule has 0 spiro atoms. The van der Waals surface area contributed by atoms with Crippen molar-refractivity contribution in [3.05, 3.63) is 24.0 Å². The maximum absolute atomic E-state index is 11.9. The number of nitrogens with zero attached hydrogens (tertiary/aromatic N) is 1. The van der Waals surface area contributed by atoms with Crippen molar-refractivity contribution in [1.29, 1.82) is 0 Å². The molecule has 2 atom stereocenters. The van der Waals surface area contributed by atoms with Crippen molar-refractivity contribution in [3.63, 3.8) is 0 Å². The van der Waals surface area contributed by atoms with Gasteiger partial charge >= 0.3 is 0 Å². The molecule has 1 aromatic rings. The normalized spacial score (nSPS) is 24.3. The second kappa shape index (κ2) is 4.51. The number of hydrogen-bond acceptors (Lipinski definition) is 3. The van der Waals surface area contributed by atoms with Crippen LogP contribution in [0.3, 0.4) is 0 Å². The number of aromatic nitrogens is 1. The van der Waals surface area contributed by atoms with Crippen LogP contribution in [0.2, 0.25) is 0 Å². The quantitative estimate of drug-likeness (QED) is 0.793. The van der Waals surface area contributed by atoms with Crippen LogP contribution in [0.25, 0.3) is 0 Å². The lowest BCUT2D eigenvalue weighted by molar-refractivity contribution is 0.0938. The van der Waals surface area contributed by atoms with Gasteiger partial charge in [0.1, 0.15) is 0 Å². The summed E-state index contributed by atoms with van der Waals surface area (Å²) in [5, 5.41) is 3.02. The second-order valence-electron chi connectivity index (χ2n) is 4.55. The summed E-state index contributed by atoms with van der Waals surface area (Å²) in [4.78, 5) is 15.8. The van der Waals surface area contributed by atoms with Crippen LogP contribution in [0.4, 0.5) is 5.69 Å². The van der Waals surface area contributed by atoms with Crippen LogP contribution >= 0.6 is 0 Å². The van der Waals surface area contributed by atoms with Gasteiger partial charge in [0.05, 0.1) is 17.4 Å². The van der Waals surface area contributed by atoms with Gasteiger partial charge in [0.25, 0.3) is 5.91 Å². The molecule has 1 aliphatic rings. The Morgan fingerprint density at radius 3 is 3.00 bits per heavy atom. The van der Waals surface area contributed by atoms with Crippen molar-refractivity contribution in [1.82, 2.24) is 10.3 Å². The number of amides is 1. The predicted octanol–water partition coefficient (Wildman–Crippen LogP) is 1.58. The predicted molar refractivity (Wildman–Crippen MR) is 62.9 cm³/mol. The number of carbonyl (C=O) groups excluding carboxylic acids is 1. The number of rotatable bonds is 2. The molecule has 4 heteroatoms. The van der Waals surface area contributed by atoms with Crippen LogP contribution in [0, 0.1) is 5.92 Å². The molecule has 1 aromatic heterocycles. The lowest BCUT2D eigenvalue weighted by Gasteiger charge is -2.13. The molecule has 0 radical (unpaired) electrons. The van der Waals surface area contributed by atoms with E-state index >= 15 is 0 Å². The Labute approximate surface area is 95.3 Å². The number of carbonyl (C=O) groups is 1. The second-order valence-corrected chi connectivity index (χ2v) is 4.55. The summed E-state index contributed by atoms with van der Waals surface area (Å²) in [5.41, 5.74) is 6.66. The van der Waals surface area contributed by atoms with E-state index in [1.165, 1.54) is 12.6 Å². The van der Waals surface area contributed by atoms with Crippen LogP contribution < -0.4 is 11.1 Å². The van der Waals surface area contributed by atoms with E-state index in [1.54, 1.807) is 12.3 Å². The zero-order valence-corrected chi connectivity index (χ0v) is 9.44. The van der Waals surface area contributed by atoms with Gasteiger partial charge < -0.3 is 11.1 Å². The largest absolute Gasteiger partial charge is 0.397 e. The van der Waals surface area contributed by atoms with Gasteiger partial charge in [0.2, 0.25) is 0 Å². The highest BCUT2D eigenvalue weighted by molar-refractivity contribution is 5.98. The molecule has 0 aliphatic heterocycles. The Balaban J connectivity index is 2.01. The van der Waals surface area contributed by atoms with E-state index in [2.05, 4.69) is 17.2 Å². The molecule has 1 saturated carbocycles. The van der Waals surface area contributed by atoms with Crippen LogP contribution in [0.15, 0.2) is 18.5 Å². The molecular weight excluding hydrogens is 202 g/mol. The standard InChI is InChI=1S/C12H17N3O/c1-8-2-3-9(6-8)15-12(16)10-4-5-14-7-11(10)13/h4-5,7-9H,2-3,6,13H2,1H3,(H,15,16). The first-order valence-corrected chi connectivity index (χ1v) is 5.67. The number of anilines is 1. The first-order chi connectivity index (χ1) is 7.66. The fraction of sp³-hybridized carbons (Fsp3) is 0.500. The lowest BCUT2D eigenvalue weighted by atomic mass is 10.1. The third kappa shape index (κ3) is 2.32. The van der Waals surface area contributed by atoms with Crippen LogP contribution in [-0.4, -0.2) is 16.9 Å². The van der Waals surface area contributed by atoms with Crippen molar-refractivity contribution in [2.75, 3.05) is 5.73 Å². The summed E-state index contributed by atoms with van der Waals surface area (Å²) < 4.78 is 0. The molecule has 86 valence electrons. The molecule has 0 bridgehead atoms. The highest BCUT2D eigenvalue weighted by atomic mass is 16.1. The van der Waals surface area contributed by atoms with E-state index in [9.17, 15) is 4.79 Å². The van der Waals surface area contributed by atoms with Crippen LogP contribution in [0.1, 0.15) is 36.5 Å². The van der Waals surface area contributed by atoms with Gasteiger partial charge in [-0.2, -0.15) is 0 Å². The molecule has 16 heavy (non-hydrogen) atoms. The van der Waals surface area contributed by atoms with E-state index in [0.29, 0.717) is 23.2 Å². The van der Waals surface area contributed by atoms with Gasteiger partial charge in [-0.25, -0.2) is 0 Å². The number of nitrogens with two attached hydrogens (primary N) is 1. The van der Waals surface area contributed by atoms with Crippen LogP contribution in [-0.2, 0) is 0 Å². The number of pyridine rings is 1. The van der Waals surface area contributed by atoms with E-state index in [1.807, 2.05) is 0 Å². The zero-order chi connectivity index (χ0) is 11.5. The van der Waals surface area contributed by atoms with E-state index < -0.39 is 0 Å². The van der Waals surface area contributed by atoms with Gasteiger partial charge in [-0.3, -0.25) is 9.78 Å². The third-order valence-corrected chi connectivity index (χ3v) is 3.13. The first-order valence-electron chi connectivity index (χ1n) is 5.67. The molecule has 1 aliphatic carbocycles. The van der Waals surface area contributed by atoms with Gasteiger partial charge in [-0.15, -0.1) is 0 Å². The molecule has 2 rings (SSSR count). The summed E-state index contributed by atoms with van der Waals surface area (Å²) >= 11 is 0. The minimum absolute atomic E-state index is 0.0843. The van der Waals surface area contributed by atoms with Gasteiger partial charge in [0.15, 0.2) is 0 Å². The monoisotopic (exact) mass is 219 g/mol. The molecule has 0 aromatic carbocycles. The molecular formula is C12H17N3O. The SMILES string of the molecule is CC1CCC(NC(=O)c2ccncc2N)C1. The highest BCUT2D eigenvalue weighted by Crippen LogP contribution is 2.25. The summed E-state index contributed by atoms with van der Waals surface area (Å²) in [5.74, 6) is 0.624. The Morgan fingerprint density at radius 2 is 2.38 bits per heavy atom. The van der Waals surface area contributed by atoms with Crippen LogP contribution in [0.5, 0.6) is 0 Å². The van der Waals surface area contributed by atoms with E-state index in [0.717, 1.165) is 12.8 Å². The zero-order valence-electron chi connectivity index (χ0n) is 9.44. The highest BCUT2D eigenvalue weighted by Gasteiger charge is 2.23. The van der Waals surface area contributed by atoms with Crippen molar-refractivity contribution in [2.24, 2.45) is 5.92 Å². The van der Waals surface area contributed by atoms with Gasteiger partial charge in [-0.1, -0.05) is 6.92 Å². The molecule has 1 heterocycles. The Kier molecular flexibility index (Phi) is 3.08. The lowest BCUT2D eigenvalue weighted by Crippen LogP contribution is -2.33. The van der Waals surface area contributed by atoms with Crippen molar-refractivity contribution < 1.29 is 4.79 Å². The van der Waals surface area contributed by atoms with E-state index in [4.69, 9.17) is 5.73 Å². The molecule has 4 nitrogen and oxygen atoms in total. The maximum atomic E-state index is 11.9. The fourth-order valence-electron chi connectivity index (χ4n) is 2.21. The average Bonchev–Trinajstić information content (AvgIpc) is 2.64. The number of hydrogen-bond donors (Lipinski definition) is 2. The first kappa shape index (κ1) is 10.9. The van der Waals surface area contributed by atoms with E-state index in [-0.39, 0.29) is 5.91 Å². The molecule has 2 unspecified atom stereocenters. The molecule has 1 fully saturated rings. The minimum atomic E-state index is -0.0843. The summed E-state index contributed by atoms with van der Waals surface area (Å²) in [6.45, 7) is 2.22. The Bertz CT molecular complexity index is 392. The summed E-state index contributed by atoms with van der Waals surface area (Å²) in [7, 11) is 0. The van der Waals surface area contributed by atoms with Crippen molar-refractivity contribution >= 4 is 11.6 Å². The summed E-state index contributed by atoms with van der Waals surface area (Å²) in [6, 6.07) is 1.96. The molecule has 1 amide bonds. The number of nitrogen functional groups attached to an aromatic ring is 1. The topological polar surface area (TPSA) is 68.0 Å². The molecule has 0 saturated heterocycles. The van der Waals surface area contributed by atoms with Gasteiger partial charge in [-0.05, 0) is 31.2 Å². The summed E-state index contributed by atoms with van der Waals surface area (Å²) in [6.07, 6.45) is 6.42. The molecule has 3 N–H and O–H groups in total. The fourth-order valence-corrected chi connectivity index (χ4v) is 2.21. The number of nitrogens with one attached hydrogen (secondary N) is 1. The smallest absolute Gasteiger partial charge is 0.253 e.